The van der Waals surface area contributed by atoms with Crippen LogP contribution in [0.5, 0.6) is 5.06 Å². The third-order valence-corrected chi connectivity index (χ3v) is 2.65. The molecule has 0 unspecified atom stereocenters. The second kappa shape index (κ2) is 5.77. The molecule has 15 heavy (non-hydrogen) atoms. The van der Waals surface area contributed by atoms with Crippen molar-refractivity contribution in [2.45, 2.75) is 13.0 Å². The molecule has 1 atom stereocenters. The third-order valence-electron chi connectivity index (χ3n) is 1.54. The minimum Gasteiger partial charge on any atom is -0.414 e. The van der Waals surface area contributed by atoms with E-state index in [-0.39, 0.29) is 11.7 Å². The largest absolute Gasteiger partial charge is 0.414 e. The fourth-order valence-electron chi connectivity index (χ4n) is 0.916. The quantitative estimate of drug-likeness (QED) is 0.616. The van der Waals surface area contributed by atoms with E-state index in [2.05, 4.69) is 17.9 Å². The van der Waals surface area contributed by atoms with Crippen molar-refractivity contribution in [1.82, 2.24) is 5.32 Å². The first-order valence-corrected chi connectivity index (χ1v) is 5.78. The van der Waals surface area contributed by atoms with E-state index in [0.29, 0.717) is 5.06 Å². The molecule has 1 amide bonds. The van der Waals surface area contributed by atoms with Gasteiger partial charge in [0, 0.05) is 12.7 Å². The van der Waals surface area contributed by atoms with Gasteiger partial charge in [-0.25, -0.2) is 4.79 Å². The summed E-state index contributed by atoms with van der Waals surface area (Å²) in [5, 5.41) is 4.77. The number of ether oxygens (including phenoxy) is 1. The van der Waals surface area contributed by atoms with Gasteiger partial charge in [0.15, 0.2) is 5.06 Å². The zero-order valence-corrected chi connectivity index (χ0v) is 9.81. The van der Waals surface area contributed by atoms with E-state index in [1.807, 2.05) is 0 Å². The molecule has 1 aromatic rings. The maximum Gasteiger partial charge on any atom is 0.335 e. The van der Waals surface area contributed by atoms with Crippen LogP contribution in [-0.2, 0) is 9.59 Å². The van der Waals surface area contributed by atoms with E-state index in [9.17, 15) is 9.59 Å². The van der Waals surface area contributed by atoms with Gasteiger partial charge in [0.25, 0.3) is 0 Å². The number of esters is 1. The fraction of sp³-hybridized carbons (Fsp3) is 0.333. The lowest BCUT2D eigenvalue weighted by Gasteiger charge is -2.12. The lowest BCUT2D eigenvalue weighted by molar-refractivity contribution is -0.138. The molecule has 4 nitrogen and oxygen atoms in total. The molecule has 1 aromatic heterocycles. The monoisotopic (exact) mass is 245 g/mol. The Morgan fingerprint density at radius 2 is 2.40 bits per heavy atom. The lowest BCUT2D eigenvalue weighted by atomic mass is 10.3. The van der Waals surface area contributed by atoms with Crippen LogP contribution in [-0.4, -0.2) is 23.7 Å². The van der Waals surface area contributed by atoms with Crippen molar-refractivity contribution < 1.29 is 14.3 Å². The molecule has 0 spiro atoms. The van der Waals surface area contributed by atoms with Gasteiger partial charge in [0.1, 0.15) is 6.04 Å². The van der Waals surface area contributed by atoms with Crippen LogP contribution in [0.1, 0.15) is 6.92 Å². The van der Waals surface area contributed by atoms with Gasteiger partial charge in [-0.1, -0.05) is 0 Å². The van der Waals surface area contributed by atoms with E-state index in [1.54, 1.807) is 17.5 Å². The Morgan fingerprint density at radius 3 is 2.87 bits per heavy atom. The highest BCUT2D eigenvalue weighted by molar-refractivity contribution is 7.80. The van der Waals surface area contributed by atoms with Crippen molar-refractivity contribution in [2.24, 2.45) is 0 Å². The number of amides is 1. The minimum atomic E-state index is -0.701. The number of hydrogen-bond acceptors (Lipinski definition) is 5. The molecule has 0 radical (unpaired) electrons. The number of thiophene rings is 1. The van der Waals surface area contributed by atoms with Crippen molar-refractivity contribution >= 4 is 35.8 Å². The Bertz CT molecular complexity index is 337. The molecule has 0 bridgehead atoms. The lowest BCUT2D eigenvalue weighted by Crippen LogP contribution is -2.43. The van der Waals surface area contributed by atoms with Gasteiger partial charge in [0.2, 0.25) is 5.91 Å². The van der Waals surface area contributed by atoms with Crippen LogP contribution in [0.4, 0.5) is 0 Å². The number of nitrogens with one attached hydrogen (secondary N) is 1. The number of rotatable bonds is 4. The standard InChI is InChI=1S/C9H11NO3S2/c1-6(11)10-7(5-14)9(12)13-8-3-2-4-15-8/h2-4,7,14H,5H2,1H3,(H,10,11)/t7-/m0/s1. The minimum absolute atomic E-state index is 0.212. The summed E-state index contributed by atoms with van der Waals surface area (Å²) in [5.74, 6) is -0.566. The average molecular weight is 245 g/mol. The second-order valence-corrected chi connectivity index (χ2v) is 4.06. The molecule has 0 aliphatic carbocycles. The van der Waals surface area contributed by atoms with Crippen LogP contribution in [0.3, 0.4) is 0 Å². The summed E-state index contributed by atoms with van der Waals surface area (Å²) in [6, 6.07) is 2.76. The van der Waals surface area contributed by atoms with Gasteiger partial charge < -0.3 is 10.1 Å². The van der Waals surface area contributed by atoms with E-state index in [0.717, 1.165) is 0 Å². The Kier molecular flexibility index (Phi) is 4.64. The first-order chi connectivity index (χ1) is 7.13. The molecule has 1 heterocycles. The SMILES string of the molecule is CC(=O)N[C@@H](CS)C(=O)Oc1cccs1. The van der Waals surface area contributed by atoms with Crippen LogP contribution in [0, 0.1) is 0 Å². The zero-order valence-electron chi connectivity index (χ0n) is 8.10. The Labute approximate surface area is 97.0 Å². The number of carbonyl (C=O) groups is 2. The Morgan fingerprint density at radius 1 is 1.67 bits per heavy atom. The first-order valence-electron chi connectivity index (χ1n) is 4.26. The van der Waals surface area contributed by atoms with Crippen molar-refractivity contribution in [1.29, 1.82) is 0 Å². The molecule has 0 fully saturated rings. The normalized spacial score (nSPS) is 11.9. The molecule has 0 saturated carbocycles. The number of hydrogen-bond donors (Lipinski definition) is 2. The van der Waals surface area contributed by atoms with E-state index >= 15 is 0 Å². The van der Waals surface area contributed by atoms with E-state index < -0.39 is 12.0 Å². The van der Waals surface area contributed by atoms with E-state index in [1.165, 1.54) is 18.3 Å². The van der Waals surface area contributed by atoms with Crippen molar-refractivity contribution in [3.05, 3.63) is 17.5 Å². The topological polar surface area (TPSA) is 55.4 Å². The zero-order chi connectivity index (χ0) is 11.3. The highest BCUT2D eigenvalue weighted by Gasteiger charge is 2.20. The summed E-state index contributed by atoms with van der Waals surface area (Å²) in [6.07, 6.45) is 0. The summed E-state index contributed by atoms with van der Waals surface area (Å²) < 4.78 is 5.02. The summed E-state index contributed by atoms with van der Waals surface area (Å²) in [5.41, 5.74) is 0. The van der Waals surface area contributed by atoms with Crippen molar-refractivity contribution in [3.8, 4) is 5.06 Å². The molecule has 1 rings (SSSR count). The van der Waals surface area contributed by atoms with Crippen LogP contribution in [0.15, 0.2) is 17.5 Å². The van der Waals surface area contributed by atoms with E-state index in [4.69, 9.17) is 4.74 Å². The summed E-state index contributed by atoms with van der Waals surface area (Å²) in [4.78, 5) is 22.3. The molecule has 0 aliphatic rings. The molecular weight excluding hydrogens is 234 g/mol. The van der Waals surface area contributed by atoms with Crippen LogP contribution >= 0.6 is 24.0 Å². The summed E-state index contributed by atoms with van der Waals surface area (Å²) in [6.45, 7) is 1.34. The Balaban J connectivity index is 2.54. The highest BCUT2D eigenvalue weighted by Crippen LogP contribution is 2.18. The molecule has 82 valence electrons. The fourth-order valence-corrected chi connectivity index (χ4v) is 1.74. The Hall–Kier alpha value is -1.01. The third kappa shape index (κ3) is 3.93. The molecule has 0 aliphatic heterocycles. The summed E-state index contributed by atoms with van der Waals surface area (Å²) >= 11 is 5.29. The smallest absolute Gasteiger partial charge is 0.335 e. The van der Waals surface area contributed by atoms with Gasteiger partial charge in [-0.15, -0.1) is 11.3 Å². The summed E-state index contributed by atoms with van der Waals surface area (Å²) in [7, 11) is 0. The number of thiol groups is 1. The maximum atomic E-state index is 11.5. The first kappa shape index (κ1) is 12.1. The van der Waals surface area contributed by atoms with Crippen molar-refractivity contribution in [3.63, 3.8) is 0 Å². The maximum absolute atomic E-state index is 11.5. The predicted molar refractivity (Wildman–Crippen MR) is 61.4 cm³/mol. The van der Waals surface area contributed by atoms with Crippen molar-refractivity contribution in [2.75, 3.05) is 5.75 Å². The predicted octanol–water partition coefficient (Wildman–Crippen LogP) is 1.09. The van der Waals surface area contributed by atoms with Gasteiger partial charge in [0.05, 0.1) is 0 Å². The van der Waals surface area contributed by atoms with Gasteiger partial charge in [-0.05, 0) is 17.5 Å². The van der Waals surface area contributed by atoms with Crippen LogP contribution in [0.2, 0.25) is 0 Å². The van der Waals surface area contributed by atoms with Crippen LogP contribution in [0.25, 0.3) is 0 Å². The van der Waals surface area contributed by atoms with Gasteiger partial charge >= 0.3 is 5.97 Å². The van der Waals surface area contributed by atoms with Gasteiger partial charge in [-0.3, -0.25) is 4.79 Å². The molecule has 0 saturated heterocycles. The molecule has 0 aromatic carbocycles. The number of carbonyl (C=O) groups excluding carboxylic acids is 2. The van der Waals surface area contributed by atoms with Gasteiger partial charge in [-0.2, -0.15) is 12.6 Å². The average Bonchev–Trinajstić information content (AvgIpc) is 2.66. The second-order valence-electron chi connectivity index (χ2n) is 2.79. The molecular formula is C9H11NO3S2. The highest BCUT2D eigenvalue weighted by atomic mass is 32.1. The molecule has 6 heteroatoms. The van der Waals surface area contributed by atoms with Crippen LogP contribution < -0.4 is 10.1 Å². The molecule has 1 N–H and O–H groups in total.